The molecule has 0 bridgehead atoms. The third-order valence-corrected chi connectivity index (χ3v) is 7.05. The predicted octanol–water partition coefficient (Wildman–Crippen LogP) is -1.59. The molecule has 1 fully saturated rings. The molecule has 0 amide bonds. The molecule has 0 radical (unpaired) electrons. The van der Waals surface area contributed by atoms with Crippen molar-refractivity contribution in [1.82, 2.24) is 0 Å². The first-order valence-corrected chi connectivity index (χ1v) is 7.77. The fourth-order valence-corrected chi connectivity index (χ4v) is 4.89. The van der Waals surface area contributed by atoms with Crippen molar-refractivity contribution in [3.8, 4) is 0 Å². The number of hydrogen-bond acceptors (Lipinski definition) is 3. The molecule has 1 aliphatic heterocycles. The van der Waals surface area contributed by atoms with E-state index >= 15 is 0 Å². The normalized spacial score (nSPS) is 39.8. The van der Waals surface area contributed by atoms with Crippen molar-refractivity contribution < 1.29 is 14.0 Å². The summed E-state index contributed by atoms with van der Waals surface area (Å²) in [5.41, 5.74) is 0. The zero-order chi connectivity index (χ0) is 5.98. The van der Waals surface area contributed by atoms with Gasteiger partial charge < -0.3 is 14.0 Å². The second-order valence-electron chi connectivity index (χ2n) is 1.97. The Bertz CT molecular complexity index is 68.9. The fraction of sp³-hybridized carbons (Fsp3) is 1.00. The third kappa shape index (κ3) is 1.39. The molecule has 5 heteroatoms. The molecule has 2 N–H and O–H groups in total. The van der Waals surface area contributed by atoms with Crippen LogP contribution >= 0.6 is 0 Å². The minimum absolute atomic E-state index is 0.664. The first kappa shape index (κ1) is 6.43. The summed E-state index contributed by atoms with van der Waals surface area (Å²) in [6.07, 6.45) is 0.942. The summed E-state index contributed by atoms with van der Waals surface area (Å²) < 4.78 is 4.90. The highest BCUT2D eigenvalue weighted by atomic mass is 29.2. The van der Waals surface area contributed by atoms with Gasteiger partial charge in [-0.3, -0.25) is 0 Å². The maximum atomic E-state index is 9.00. The van der Waals surface area contributed by atoms with Crippen molar-refractivity contribution >= 4 is 17.4 Å². The van der Waals surface area contributed by atoms with Crippen LogP contribution in [-0.2, 0) is 4.43 Å². The van der Waals surface area contributed by atoms with Crippen LogP contribution in [0.15, 0.2) is 0 Å². The summed E-state index contributed by atoms with van der Waals surface area (Å²) in [6.45, 7) is 0.664. The van der Waals surface area contributed by atoms with Gasteiger partial charge in [0.05, 0.1) is 0 Å². The first-order chi connectivity index (χ1) is 3.80. The highest BCUT2D eigenvalue weighted by Gasteiger charge is 2.26. The van der Waals surface area contributed by atoms with E-state index in [4.69, 9.17) is 14.0 Å². The zero-order valence-electron chi connectivity index (χ0n) is 4.58. The predicted molar refractivity (Wildman–Crippen MR) is 34.1 cm³/mol. The largest absolute Gasteiger partial charge is 0.432 e. The van der Waals surface area contributed by atoms with Gasteiger partial charge in [-0.15, -0.1) is 0 Å². The Labute approximate surface area is 51.3 Å². The molecule has 8 heavy (non-hydrogen) atoms. The van der Waals surface area contributed by atoms with E-state index < -0.39 is 17.4 Å². The molecule has 0 saturated carbocycles. The summed E-state index contributed by atoms with van der Waals surface area (Å²) in [6, 6.07) is 0.855. The highest BCUT2D eigenvalue weighted by molar-refractivity contribution is 7.12. The lowest BCUT2D eigenvalue weighted by Gasteiger charge is -2.19. The van der Waals surface area contributed by atoms with E-state index in [1.54, 1.807) is 0 Å². The molecule has 1 aliphatic rings. The van der Waals surface area contributed by atoms with E-state index in [2.05, 4.69) is 0 Å². The Morgan fingerprint density at radius 3 is 2.50 bits per heavy atom. The van der Waals surface area contributed by atoms with Crippen LogP contribution in [0.5, 0.6) is 0 Å². The van der Waals surface area contributed by atoms with E-state index in [0.717, 1.165) is 12.5 Å². The number of hydrogen-bond donors (Lipinski definition) is 2. The van der Waals surface area contributed by atoms with E-state index in [1.165, 1.54) is 0 Å². The topological polar surface area (TPSA) is 49.7 Å². The summed E-state index contributed by atoms with van der Waals surface area (Å²) in [5, 5.41) is 0. The van der Waals surface area contributed by atoms with E-state index in [1.807, 2.05) is 0 Å². The van der Waals surface area contributed by atoms with Gasteiger partial charge in [0.25, 0.3) is 0 Å². The Morgan fingerprint density at radius 2 is 2.12 bits per heavy atom. The molecule has 0 aromatic carbocycles. The molecule has 1 rings (SSSR count). The van der Waals surface area contributed by atoms with Crippen molar-refractivity contribution in [3.05, 3.63) is 0 Å². The van der Waals surface area contributed by atoms with Crippen molar-refractivity contribution in [2.75, 3.05) is 6.61 Å². The molecule has 1 saturated heterocycles. The Balaban J connectivity index is 2.28. The average molecular weight is 150 g/mol. The summed E-state index contributed by atoms with van der Waals surface area (Å²) >= 11 is 0. The van der Waals surface area contributed by atoms with Crippen molar-refractivity contribution in [1.29, 1.82) is 0 Å². The SMILES string of the molecule is O[SiH]1CCCO[SiH]1O. The fourth-order valence-electron chi connectivity index (χ4n) is 0.750. The summed E-state index contributed by atoms with van der Waals surface area (Å²) in [7, 11) is -3.71. The Kier molecular flexibility index (Phi) is 2.20. The summed E-state index contributed by atoms with van der Waals surface area (Å²) in [5.74, 6) is 0. The number of rotatable bonds is 0. The Hall–Kier alpha value is 0.314. The highest BCUT2D eigenvalue weighted by Crippen LogP contribution is 2.05. The van der Waals surface area contributed by atoms with Crippen LogP contribution in [-0.4, -0.2) is 33.6 Å². The molecule has 0 aromatic heterocycles. The third-order valence-electron chi connectivity index (χ3n) is 1.26. The Morgan fingerprint density at radius 1 is 1.38 bits per heavy atom. The van der Waals surface area contributed by atoms with E-state index in [-0.39, 0.29) is 0 Å². The average Bonchev–Trinajstić information content (AvgIpc) is 1.77. The second kappa shape index (κ2) is 2.74. The molecule has 2 atom stereocenters. The van der Waals surface area contributed by atoms with Gasteiger partial charge in [-0.25, -0.2) is 0 Å². The van der Waals surface area contributed by atoms with Gasteiger partial charge in [0.1, 0.15) is 0 Å². The van der Waals surface area contributed by atoms with Crippen LogP contribution in [0.1, 0.15) is 6.42 Å². The van der Waals surface area contributed by atoms with E-state index in [0.29, 0.717) is 6.61 Å². The molecule has 2 unspecified atom stereocenters. The van der Waals surface area contributed by atoms with E-state index in [9.17, 15) is 0 Å². The maximum Gasteiger partial charge on any atom is 0.326 e. The standard InChI is InChI=1S/C3H10O3Si2/c4-7-3-1-2-6-8(7)5/h4-5,7-8H,1-3H2. The maximum absolute atomic E-state index is 9.00. The molecular formula is C3H10O3Si2. The van der Waals surface area contributed by atoms with Crippen molar-refractivity contribution in [2.45, 2.75) is 12.5 Å². The van der Waals surface area contributed by atoms with Crippen LogP contribution in [0.4, 0.5) is 0 Å². The second-order valence-corrected chi connectivity index (χ2v) is 8.82. The minimum atomic E-state index is -1.99. The van der Waals surface area contributed by atoms with Gasteiger partial charge in [-0.2, -0.15) is 0 Å². The smallest absolute Gasteiger partial charge is 0.326 e. The quantitative estimate of drug-likeness (QED) is 0.410. The molecule has 0 aromatic rings. The van der Waals surface area contributed by atoms with Gasteiger partial charge in [-0.1, -0.05) is 0 Å². The monoisotopic (exact) mass is 150 g/mol. The molecule has 48 valence electrons. The van der Waals surface area contributed by atoms with Crippen molar-refractivity contribution in [3.63, 3.8) is 0 Å². The van der Waals surface area contributed by atoms with Gasteiger partial charge >= 0.3 is 8.80 Å². The van der Waals surface area contributed by atoms with Crippen LogP contribution in [0.25, 0.3) is 0 Å². The van der Waals surface area contributed by atoms with Gasteiger partial charge in [-0.05, 0) is 12.5 Å². The van der Waals surface area contributed by atoms with Crippen LogP contribution in [0, 0.1) is 0 Å². The van der Waals surface area contributed by atoms with Gasteiger partial charge in [0.2, 0.25) is 8.56 Å². The van der Waals surface area contributed by atoms with Crippen LogP contribution in [0.3, 0.4) is 0 Å². The molecular weight excluding hydrogens is 140 g/mol. The van der Waals surface area contributed by atoms with Gasteiger partial charge in [0, 0.05) is 6.61 Å². The van der Waals surface area contributed by atoms with Crippen LogP contribution < -0.4 is 0 Å². The lowest BCUT2D eigenvalue weighted by molar-refractivity contribution is 0.256. The van der Waals surface area contributed by atoms with Crippen LogP contribution in [0.2, 0.25) is 6.04 Å². The summed E-state index contributed by atoms with van der Waals surface area (Å²) in [4.78, 5) is 17.9. The lowest BCUT2D eigenvalue weighted by Crippen LogP contribution is -2.42. The molecule has 1 heterocycles. The molecule has 0 aliphatic carbocycles. The molecule has 3 nitrogen and oxygen atoms in total. The zero-order valence-corrected chi connectivity index (χ0v) is 6.89. The van der Waals surface area contributed by atoms with Crippen molar-refractivity contribution in [2.24, 2.45) is 0 Å². The minimum Gasteiger partial charge on any atom is -0.432 e. The lowest BCUT2D eigenvalue weighted by atomic mass is 10.5. The molecule has 0 spiro atoms. The first-order valence-electron chi connectivity index (χ1n) is 2.78. The van der Waals surface area contributed by atoms with Gasteiger partial charge in [0.15, 0.2) is 0 Å².